The Bertz CT molecular complexity index is 1110. The lowest BCUT2D eigenvalue weighted by molar-refractivity contribution is 0.400. The maximum absolute atomic E-state index is 9.93. The van der Waals surface area contributed by atoms with Gasteiger partial charge in [0.25, 0.3) is 0 Å². The highest BCUT2D eigenvalue weighted by Gasteiger charge is 2.20. The number of hydrogen-bond acceptors (Lipinski definition) is 6. The Labute approximate surface area is 188 Å². The van der Waals surface area contributed by atoms with E-state index in [1.54, 1.807) is 0 Å². The lowest BCUT2D eigenvalue weighted by Crippen LogP contribution is -2.13. The van der Waals surface area contributed by atoms with Gasteiger partial charge in [0.05, 0.1) is 5.56 Å². The number of hydrogen-bond donors (Lipinski definition) is 1. The molecule has 0 spiro atoms. The number of anilines is 1. The third kappa shape index (κ3) is 5.64. The van der Waals surface area contributed by atoms with Crippen LogP contribution in [0.2, 0.25) is 0 Å². The lowest BCUT2D eigenvalue weighted by Gasteiger charge is -2.14. The summed E-state index contributed by atoms with van der Waals surface area (Å²) in [5.74, 6) is 0.820. The van der Waals surface area contributed by atoms with E-state index in [0.29, 0.717) is 21.9 Å². The molecular weight excluding hydrogens is 402 g/mol. The van der Waals surface area contributed by atoms with Crippen molar-refractivity contribution in [3.63, 3.8) is 0 Å². The molecule has 0 fully saturated rings. The number of aromatic nitrogens is 1. The van der Waals surface area contributed by atoms with E-state index >= 15 is 0 Å². The van der Waals surface area contributed by atoms with Gasteiger partial charge in [-0.3, -0.25) is 0 Å². The van der Waals surface area contributed by atoms with Crippen LogP contribution in [0.25, 0.3) is 11.1 Å². The number of pyridine rings is 1. The highest BCUT2D eigenvalue weighted by atomic mass is 32.2. The maximum atomic E-state index is 9.93. The minimum Gasteiger partial charge on any atom is -0.383 e. The van der Waals surface area contributed by atoms with Crippen LogP contribution in [0, 0.1) is 22.7 Å². The molecule has 0 amide bonds. The zero-order valence-electron chi connectivity index (χ0n) is 17.8. The second kappa shape index (κ2) is 10.6. The molecule has 0 aliphatic rings. The summed E-state index contributed by atoms with van der Waals surface area (Å²) in [5.41, 5.74) is 10.5. The molecule has 0 bridgehead atoms. The van der Waals surface area contributed by atoms with E-state index in [-0.39, 0.29) is 11.4 Å². The molecule has 0 saturated heterocycles. The number of thioether (sulfide) groups is 1. The maximum Gasteiger partial charge on any atom is 0.143 e. The van der Waals surface area contributed by atoms with E-state index in [4.69, 9.17) is 5.73 Å². The molecule has 0 saturated carbocycles. The third-order valence-corrected chi connectivity index (χ3v) is 5.99. The van der Waals surface area contributed by atoms with Gasteiger partial charge < -0.3 is 10.6 Å². The lowest BCUT2D eigenvalue weighted by atomic mass is 9.95. The third-order valence-electron chi connectivity index (χ3n) is 4.95. The van der Waals surface area contributed by atoms with Crippen LogP contribution in [0.4, 0.5) is 5.82 Å². The van der Waals surface area contributed by atoms with Crippen molar-refractivity contribution in [3.05, 3.63) is 76.9 Å². The molecule has 156 valence electrons. The first-order valence-corrected chi connectivity index (χ1v) is 11.1. The molecule has 0 aliphatic carbocycles. The van der Waals surface area contributed by atoms with Gasteiger partial charge in [0.2, 0.25) is 0 Å². The largest absolute Gasteiger partial charge is 0.383 e. The summed E-state index contributed by atoms with van der Waals surface area (Å²) in [5, 5.41) is 20.2. The number of aryl methyl sites for hydroxylation is 1. The second-order valence-corrected chi connectivity index (χ2v) is 8.49. The Morgan fingerprint density at radius 1 is 0.935 bits per heavy atom. The number of benzene rings is 2. The molecule has 5 nitrogen and oxygen atoms in total. The molecule has 0 aliphatic heterocycles. The Morgan fingerprint density at radius 3 is 2.23 bits per heavy atom. The fourth-order valence-electron chi connectivity index (χ4n) is 3.35. The van der Waals surface area contributed by atoms with Crippen LogP contribution in [-0.2, 0) is 12.2 Å². The minimum atomic E-state index is 0.155. The highest BCUT2D eigenvalue weighted by Crippen LogP contribution is 2.36. The van der Waals surface area contributed by atoms with Gasteiger partial charge in [-0.1, -0.05) is 54.6 Å². The number of nitriles is 2. The summed E-state index contributed by atoms with van der Waals surface area (Å²) in [4.78, 5) is 6.55. The number of nitrogens with two attached hydrogens (primary N) is 1. The fraction of sp³-hybridized carbons (Fsp3) is 0.240. The van der Waals surface area contributed by atoms with Gasteiger partial charge in [-0.25, -0.2) is 4.98 Å². The van der Waals surface area contributed by atoms with E-state index in [0.717, 1.165) is 30.5 Å². The summed E-state index contributed by atoms with van der Waals surface area (Å²) in [6, 6.07) is 22.4. The van der Waals surface area contributed by atoms with Gasteiger partial charge in [-0.05, 0) is 50.2 Å². The first kappa shape index (κ1) is 22.4. The standard InChI is InChI=1S/C25H25N5S/c1-30(2)14-6-9-18-10-12-20(13-11-18)23-21(15-26)24(28)29-25(22(23)16-27)31-17-19-7-4-3-5-8-19/h3-5,7-8,10-13H,6,9,14,17H2,1-2H3,(H2,28,29). The summed E-state index contributed by atoms with van der Waals surface area (Å²) >= 11 is 1.46. The van der Waals surface area contributed by atoms with Crippen molar-refractivity contribution < 1.29 is 0 Å². The van der Waals surface area contributed by atoms with Crippen molar-refractivity contribution in [3.8, 4) is 23.3 Å². The van der Waals surface area contributed by atoms with Crippen LogP contribution in [0.15, 0.2) is 59.6 Å². The molecule has 3 rings (SSSR count). The smallest absolute Gasteiger partial charge is 0.143 e. The summed E-state index contributed by atoms with van der Waals surface area (Å²) in [6.45, 7) is 1.03. The minimum absolute atomic E-state index is 0.155. The Kier molecular flexibility index (Phi) is 7.67. The van der Waals surface area contributed by atoms with E-state index in [1.165, 1.54) is 17.3 Å². The normalized spacial score (nSPS) is 10.6. The molecule has 2 N–H and O–H groups in total. The van der Waals surface area contributed by atoms with Crippen molar-refractivity contribution in [2.45, 2.75) is 23.6 Å². The predicted molar refractivity (Wildman–Crippen MR) is 126 cm³/mol. The number of nitrogen functional groups attached to an aromatic ring is 1. The zero-order chi connectivity index (χ0) is 22.2. The quantitative estimate of drug-likeness (QED) is 0.516. The highest BCUT2D eigenvalue weighted by molar-refractivity contribution is 7.98. The first-order chi connectivity index (χ1) is 15.0. The summed E-state index contributed by atoms with van der Waals surface area (Å²) in [6.07, 6.45) is 2.05. The van der Waals surface area contributed by atoms with E-state index in [9.17, 15) is 10.5 Å². The molecule has 0 radical (unpaired) electrons. The van der Waals surface area contributed by atoms with Crippen LogP contribution in [0.1, 0.15) is 28.7 Å². The predicted octanol–water partition coefficient (Wildman–Crippen LogP) is 4.86. The molecule has 0 atom stereocenters. The summed E-state index contributed by atoms with van der Waals surface area (Å²) < 4.78 is 0. The Morgan fingerprint density at radius 2 is 1.61 bits per heavy atom. The topological polar surface area (TPSA) is 89.7 Å². The molecule has 3 aromatic rings. The van der Waals surface area contributed by atoms with Gasteiger partial charge >= 0.3 is 0 Å². The molecular formula is C25H25N5S. The van der Waals surface area contributed by atoms with Crippen molar-refractivity contribution in [2.75, 3.05) is 26.4 Å². The van der Waals surface area contributed by atoms with Gasteiger partial charge in [0.15, 0.2) is 0 Å². The summed E-state index contributed by atoms with van der Waals surface area (Å²) in [7, 11) is 4.13. The van der Waals surface area contributed by atoms with E-state index in [1.807, 2.05) is 42.5 Å². The van der Waals surface area contributed by atoms with Crippen molar-refractivity contribution in [1.82, 2.24) is 9.88 Å². The SMILES string of the molecule is CN(C)CCCc1ccc(-c2c(C#N)c(N)nc(SCc3ccccc3)c2C#N)cc1. The van der Waals surface area contributed by atoms with Crippen molar-refractivity contribution in [2.24, 2.45) is 0 Å². The number of nitrogens with zero attached hydrogens (tertiary/aromatic N) is 4. The van der Waals surface area contributed by atoms with Crippen molar-refractivity contribution >= 4 is 17.6 Å². The van der Waals surface area contributed by atoms with Crippen LogP contribution in [0.5, 0.6) is 0 Å². The van der Waals surface area contributed by atoms with Crippen LogP contribution < -0.4 is 5.73 Å². The average molecular weight is 428 g/mol. The van der Waals surface area contributed by atoms with Gasteiger partial charge in [0.1, 0.15) is 28.5 Å². The van der Waals surface area contributed by atoms with Gasteiger partial charge in [-0.15, -0.1) is 11.8 Å². The van der Waals surface area contributed by atoms with Gasteiger partial charge in [-0.2, -0.15) is 10.5 Å². The number of rotatable bonds is 8. The van der Waals surface area contributed by atoms with Crippen LogP contribution in [0.3, 0.4) is 0 Å². The molecule has 1 heterocycles. The Balaban J connectivity index is 1.94. The molecule has 2 aromatic carbocycles. The molecule has 1 aromatic heterocycles. The Hall–Kier alpha value is -3.32. The van der Waals surface area contributed by atoms with Crippen LogP contribution in [-0.4, -0.2) is 30.5 Å². The monoisotopic (exact) mass is 427 g/mol. The van der Waals surface area contributed by atoms with Gasteiger partial charge in [0, 0.05) is 11.3 Å². The van der Waals surface area contributed by atoms with E-state index < -0.39 is 0 Å². The first-order valence-electron chi connectivity index (χ1n) is 10.1. The van der Waals surface area contributed by atoms with Crippen LogP contribution >= 0.6 is 11.8 Å². The van der Waals surface area contributed by atoms with Crippen molar-refractivity contribution in [1.29, 1.82) is 10.5 Å². The van der Waals surface area contributed by atoms with E-state index in [2.05, 4.69) is 48.3 Å². The second-order valence-electron chi connectivity index (χ2n) is 7.53. The fourth-order valence-corrected chi connectivity index (χ4v) is 4.31. The molecule has 31 heavy (non-hydrogen) atoms. The molecule has 0 unspecified atom stereocenters. The molecule has 6 heteroatoms. The zero-order valence-corrected chi connectivity index (χ0v) is 18.6. The average Bonchev–Trinajstić information content (AvgIpc) is 2.78.